The minimum atomic E-state index is 0.0198. The van der Waals surface area contributed by atoms with Gasteiger partial charge in [0, 0.05) is 17.8 Å². The molecule has 0 fully saturated rings. The lowest BCUT2D eigenvalue weighted by Gasteiger charge is -2.08. The highest BCUT2D eigenvalue weighted by Crippen LogP contribution is 2.19. The minimum absolute atomic E-state index is 0.0198. The quantitative estimate of drug-likeness (QED) is 0.333. The zero-order valence-corrected chi connectivity index (χ0v) is 11.2. The number of nitrogens with two attached hydrogens (primary N) is 1. The van der Waals surface area contributed by atoms with Crippen molar-refractivity contribution in [2.75, 3.05) is 0 Å². The van der Waals surface area contributed by atoms with Crippen molar-refractivity contribution in [3.05, 3.63) is 53.3 Å². The summed E-state index contributed by atoms with van der Waals surface area (Å²) in [6.45, 7) is 0.324. The second-order valence-electron chi connectivity index (χ2n) is 4.10. The average molecular weight is 288 g/mol. The van der Waals surface area contributed by atoms with E-state index < -0.39 is 0 Å². The molecule has 3 aromatic rings. The van der Waals surface area contributed by atoms with Gasteiger partial charge in [-0.25, -0.2) is 4.98 Å². The third-order valence-electron chi connectivity index (χ3n) is 2.79. The maximum atomic E-state index is 8.76. The summed E-state index contributed by atoms with van der Waals surface area (Å²) in [5.74, 6) is 0.575. The summed E-state index contributed by atoms with van der Waals surface area (Å²) in [6.07, 6.45) is 3.86. The van der Waals surface area contributed by atoms with E-state index in [2.05, 4.69) is 10.1 Å². The lowest BCUT2D eigenvalue weighted by molar-refractivity contribution is 0.299. The second-order valence-corrected chi connectivity index (χ2v) is 4.97. The fourth-order valence-corrected chi connectivity index (χ4v) is 2.57. The van der Waals surface area contributed by atoms with E-state index in [0.29, 0.717) is 17.9 Å². The van der Waals surface area contributed by atoms with E-state index in [0.717, 1.165) is 10.7 Å². The van der Waals surface area contributed by atoms with Gasteiger partial charge in [-0.15, -0.1) is 11.3 Å². The van der Waals surface area contributed by atoms with Crippen LogP contribution in [0.25, 0.3) is 4.96 Å². The largest absolute Gasteiger partial charge is 0.486 e. The molecular formula is C13H12N4O2S. The van der Waals surface area contributed by atoms with Gasteiger partial charge in [0.25, 0.3) is 0 Å². The van der Waals surface area contributed by atoms with Crippen LogP contribution in [0, 0.1) is 0 Å². The van der Waals surface area contributed by atoms with Crippen molar-refractivity contribution in [3.8, 4) is 5.75 Å². The van der Waals surface area contributed by atoms with Gasteiger partial charge in [-0.1, -0.05) is 17.3 Å². The van der Waals surface area contributed by atoms with Gasteiger partial charge < -0.3 is 15.7 Å². The first kappa shape index (κ1) is 12.5. The Morgan fingerprint density at radius 3 is 3.10 bits per heavy atom. The standard InChI is InChI=1S/C13H12N4O2S/c14-12(16-18)10-3-1-2-4-11(10)19-8-9-7-17-5-6-20-13(17)15-9/h1-7,18H,8H2,(H2,14,16). The van der Waals surface area contributed by atoms with Crippen LogP contribution >= 0.6 is 11.3 Å². The topological polar surface area (TPSA) is 85.1 Å². The lowest BCUT2D eigenvalue weighted by atomic mass is 10.2. The fourth-order valence-electron chi connectivity index (χ4n) is 1.86. The minimum Gasteiger partial charge on any atom is -0.486 e. The first-order chi connectivity index (χ1) is 9.78. The highest BCUT2D eigenvalue weighted by atomic mass is 32.1. The van der Waals surface area contributed by atoms with Gasteiger partial charge in [-0.2, -0.15) is 0 Å². The summed E-state index contributed by atoms with van der Waals surface area (Å²) >= 11 is 1.57. The molecule has 0 radical (unpaired) electrons. The molecule has 102 valence electrons. The Morgan fingerprint density at radius 2 is 2.30 bits per heavy atom. The summed E-state index contributed by atoms with van der Waals surface area (Å²) in [4.78, 5) is 5.35. The van der Waals surface area contributed by atoms with E-state index in [1.807, 2.05) is 28.2 Å². The molecule has 0 amide bonds. The van der Waals surface area contributed by atoms with E-state index in [-0.39, 0.29) is 5.84 Å². The number of para-hydroxylation sites is 1. The van der Waals surface area contributed by atoms with E-state index in [9.17, 15) is 0 Å². The molecular weight excluding hydrogens is 276 g/mol. The van der Waals surface area contributed by atoms with Crippen LogP contribution in [-0.4, -0.2) is 20.4 Å². The van der Waals surface area contributed by atoms with Crippen LogP contribution in [0.1, 0.15) is 11.3 Å². The van der Waals surface area contributed by atoms with Crippen LogP contribution in [-0.2, 0) is 6.61 Å². The monoisotopic (exact) mass is 288 g/mol. The summed E-state index contributed by atoms with van der Waals surface area (Å²) < 4.78 is 7.65. The van der Waals surface area contributed by atoms with Gasteiger partial charge in [0.2, 0.25) is 0 Å². The number of benzene rings is 1. The molecule has 0 unspecified atom stereocenters. The van der Waals surface area contributed by atoms with Crippen LogP contribution in [0.15, 0.2) is 47.2 Å². The SMILES string of the molecule is N/C(=N/O)c1ccccc1OCc1cn2ccsc2n1. The molecule has 1 aromatic carbocycles. The Balaban J connectivity index is 1.80. The maximum absolute atomic E-state index is 8.76. The Kier molecular flexibility index (Phi) is 3.26. The number of thiazole rings is 1. The molecule has 6 nitrogen and oxygen atoms in total. The van der Waals surface area contributed by atoms with Crippen LogP contribution in [0.5, 0.6) is 5.75 Å². The molecule has 7 heteroatoms. The summed E-state index contributed by atoms with van der Waals surface area (Å²) in [5.41, 5.74) is 6.99. The van der Waals surface area contributed by atoms with E-state index in [4.69, 9.17) is 15.7 Å². The summed E-state index contributed by atoms with van der Waals surface area (Å²) in [5, 5.41) is 13.7. The number of oxime groups is 1. The van der Waals surface area contributed by atoms with Crippen LogP contribution in [0.2, 0.25) is 0 Å². The summed E-state index contributed by atoms with van der Waals surface area (Å²) in [7, 11) is 0. The molecule has 0 saturated carbocycles. The van der Waals surface area contributed by atoms with Gasteiger partial charge >= 0.3 is 0 Å². The van der Waals surface area contributed by atoms with E-state index in [1.54, 1.807) is 29.5 Å². The molecule has 0 aliphatic heterocycles. The van der Waals surface area contributed by atoms with Gasteiger partial charge in [0.15, 0.2) is 10.8 Å². The number of aromatic nitrogens is 2. The van der Waals surface area contributed by atoms with Gasteiger partial charge in [0.05, 0.1) is 11.3 Å². The van der Waals surface area contributed by atoms with Crippen molar-refractivity contribution in [2.24, 2.45) is 10.9 Å². The Morgan fingerprint density at radius 1 is 1.45 bits per heavy atom. The lowest BCUT2D eigenvalue weighted by Crippen LogP contribution is -2.14. The van der Waals surface area contributed by atoms with Crippen molar-refractivity contribution in [1.82, 2.24) is 9.38 Å². The highest BCUT2D eigenvalue weighted by molar-refractivity contribution is 7.15. The predicted octanol–water partition coefficient (Wildman–Crippen LogP) is 2.07. The average Bonchev–Trinajstić information content (AvgIpc) is 3.05. The first-order valence-corrected chi connectivity index (χ1v) is 6.76. The van der Waals surface area contributed by atoms with Gasteiger partial charge in [-0.05, 0) is 12.1 Å². The molecule has 2 aromatic heterocycles. The van der Waals surface area contributed by atoms with Crippen molar-refractivity contribution in [3.63, 3.8) is 0 Å². The Bertz CT molecular complexity index is 734. The van der Waals surface area contributed by atoms with Crippen LogP contribution in [0.4, 0.5) is 0 Å². The third kappa shape index (κ3) is 2.30. The molecule has 0 aliphatic rings. The van der Waals surface area contributed by atoms with Crippen molar-refractivity contribution >= 4 is 22.1 Å². The van der Waals surface area contributed by atoms with Crippen LogP contribution in [0.3, 0.4) is 0 Å². The van der Waals surface area contributed by atoms with Crippen molar-refractivity contribution < 1.29 is 9.94 Å². The molecule has 3 N–H and O–H groups in total. The molecule has 3 rings (SSSR count). The number of ether oxygens (including phenoxy) is 1. The molecule has 2 heterocycles. The molecule has 20 heavy (non-hydrogen) atoms. The van der Waals surface area contributed by atoms with Crippen molar-refractivity contribution in [1.29, 1.82) is 0 Å². The first-order valence-electron chi connectivity index (χ1n) is 5.89. The number of hydrogen-bond acceptors (Lipinski definition) is 5. The van der Waals surface area contributed by atoms with Gasteiger partial charge in [0.1, 0.15) is 12.4 Å². The number of hydrogen-bond donors (Lipinski definition) is 2. The van der Waals surface area contributed by atoms with E-state index >= 15 is 0 Å². The normalized spacial score (nSPS) is 11.9. The van der Waals surface area contributed by atoms with Crippen molar-refractivity contribution in [2.45, 2.75) is 6.61 Å². The Labute approximate surface area is 118 Å². The van der Waals surface area contributed by atoms with E-state index in [1.165, 1.54) is 0 Å². The zero-order chi connectivity index (χ0) is 13.9. The smallest absolute Gasteiger partial charge is 0.193 e. The molecule has 0 bridgehead atoms. The number of imidazole rings is 1. The molecule has 0 saturated heterocycles. The Hall–Kier alpha value is -2.54. The zero-order valence-electron chi connectivity index (χ0n) is 10.4. The van der Waals surface area contributed by atoms with Crippen LogP contribution < -0.4 is 10.5 Å². The number of nitrogens with zero attached hydrogens (tertiary/aromatic N) is 3. The summed E-state index contributed by atoms with van der Waals surface area (Å²) in [6, 6.07) is 7.13. The third-order valence-corrected chi connectivity index (χ3v) is 3.56. The molecule has 0 atom stereocenters. The number of amidine groups is 1. The second kappa shape index (κ2) is 5.22. The molecule has 0 spiro atoms. The maximum Gasteiger partial charge on any atom is 0.193 e. The van der Waals surface area contributed by atoms with Gasteiger partial charge in [-0.3, -0.25) is 4.40 Å². The number of fused-ring (bicyclic) bond motifs is 1. The molecule has 0 aliphatic carbocycles. The highest BCUT2D eigenvalue weighted by Gasteiger charge is 2.09. The predicted molar refractivity (Wildman–Crippen MR) is 76.4 cm³/mol. The fraction of sp³-hybridized carbons (Fsp3) is 0.0769. The number of rotatable bonds is 4.